The van der Waals surface area contributed by atoms with Gasteiger partial charge in [-0.25, -0.2) is 4.98 Å². The molecule has 2 aromatic rings. The van der Waals surface area contributed by atoms with Crippen LogP contribution in [0.4, 0.5) is 0 Å². The van der Waals surface area contributed by atoms with E-state index >= 15 is 0 Å². The third-order valence-electron chi connectivity index (χ3n) is 3.88. The molecule has 0 spiro atoms. The molecule has 2 heterocycles. The van der Waals surface area contributed by atoms with Gasteiger partial charge in [-0.3, -0.25) is 0 Å². The topological polar surface area (TPSA) is 52.4 Å². The zero-order valence-electron chi connectivity index (χ0n) is 13.4. The Balaban J connectivity index is 1.86. The SMILES string of the molecule is CC(N[S@+]([O-])C(C)(C)C)c1cn2cc(C3CC3)cc(Br)c2n1. The summed E-state index contributed by atoms with van der Waals surface area (Å²) in [6.45, 7) is 7.89. The molecule has 1 unspecified atom stereocenters. The lowest BCUT2D eigenvalue weighted by Gasteiger charge is -2.25. The van der Waals surface area contributed by atoms with Gasteiger partial charge in [0.15, 0.2) is 5.65 Å². The first-order chi connectivity index (χ1) is 10.3. The second-order valence-electron chi connectivity index (χ2n) is 7.01. The van der Waals surface area contributed by atoms with Gasteiger partial charge >= 0.3 is 0 Å². The van der Waals surface area contributed by atoms with Gasteiger partial charge in [0.1, 0.15) is 4.75 Å². The highest BCUT2D eigenvalue weighted by molar-refractivity contribution is 9.10. The van der Waals surface area contributed by atoms with Crippen LogP contribution in [0.5, 0.6) is 0 Å². The van der Waals surface area contributed by atoms with E-state index in [-0.39, 0.29) is 10.8 Å². The van der Waals surface area contributed by atoms with E-state index < -0.39 is 11.4 Å². The molecule has 2 aromatic heterocycles. The molecule has 2 atom stereocenters. The number of rotatable bonds is 4. The molecule has 1 fully saturated rings. The summed E-state index contributed by atoms with van der Waals surface area (Å²) in [6.07, 6.45) is 6.76. The van der Waals surface area contributed by atoms with E-state index in [4.69, 9.17) is 0 Å². The van der Waals surface area contributed by atoms with E-state index in [1.54, 1.807) is 0 Å². The first kappa shape index (κ1) is 16.3. The maximum absolute atomic E-state index is 12.2. The van der Waals surface area contributed by atoms with Gasteiger partial charge in [-0.15, -0.1) is 4.72 Å². The molecule has 1 saturated carbocycles. The summed E-state index contributed by atoms with van der Waals surface area (Å²) in [5.74, 6) is 0.704. The molecular formula is C16H22BrN3OS. The molecule has 1 aliphatic carbocycles. The number of nitrogens with zero attached hydrogens (tertiary/aromatic N) is 2. The third-order valence-corrected chi connectivity index (χ3v) is 6.14. The number of aromatic nitrogens is 2. The lowest BCUT2D eigenvalue weighted by molar-refractivity contribution is 0.529. The van der Waals surface area contributed by atoms with Gasteiger partial charge in [0.2, 0.25) is 0 Å². The third kappa shape index (κ3) is 3.35. The molecule has 0 radical (unpaired) electrons. The van der Waals surface area contributed by atoms with Crippen molar-refractivity contribution in [3.63, 3.8) is 0 Å². The van der Waals surface area contributed by atoms with Crippen LogP contribution in [0.3, 0.4) is 0 Å². The highest BCUT2D eigenvalue weighted by Gasteiger charge is 2.29. The molecule has 22 heavy (non-hydrogen) atoms. The molecule has 4 nitrogen and oxygen atoms in total. The van der Waals surface area contributed by atoms with Crippen molar-refractivity contribution < 1.29 is 4.55 Å². The van der Waals surface area contributed by atoms with Gasteiger partial charge in [-0.1, -0.05) is 0 Å². The van der Waals surface area contributed by atoms with Crippen LogP contribution < -0.4 is 4.72 Å². The normalized spacial score (nSPS) is 18.6. The smallest absolute Gasteiger partial charge is 0.151 e. The number of halogens is 1. The molecule has 0 saturated heterocycles. The zero-order chi connectivity index (χ0) is 16.1. The number of hydrogen-bond donors (Lipinski definition) is 1. The number of pyridine rings is 1. The number of hydrogen-bond acceptors (Lipinski definition) is 3. The second kappa shape index (κ2) is 5.82. The van der Waals surface area contributed by atoms with Crippen molar-refractivity contribution in [1.82, 2.24) is 14.1 Å². The van der Waals surface area contributed by atoms with Crippen molar-refractivity contribution in [2.24, 2.45) is 0 Å². The highest BCUT2D eigenvalue weighted by Crippen LogP contribution is 2.41. The Morgan fingerprint density at radius 1 is 1.41 bits per heavy atom. The molecule has 3 rings (SSSR count). The summed E-state index contributed by atoms with van der Waals surface area (Å²) < 4.78 is 18.2. The summed E-state index contributed by atoms with van der Waals surface area (Å²) in [6, 6.07) is 2.12. The van der Waals surface area contributed by atoms with Crippen molar-refractivity contribution in [3.05, 3.63) is 34.2 Å². The fraction of sp³-hybridized carbons (Fsp3) is 0.562. The molecule has 120 valence electrons. The monoisotopic (exact) mass is 383 g/mol. The Morgan fingerprint density at radius 3 is 2.68 bits per heavy atom. The van der Waals surface area contributed by atoms with Crippen molar-refractivity contribution in [2.45, 2.75) is 57.2 Å². The van der Waals surface area contributed by atoms with Crippen LogP contribution in [0.25, 0.3) is 5.65 Å². The van der Waals surface area contributed by atoms with Crippen molar-refractivity contribution in [3.8, 4) is 0 Å². The highest BCUT2D eigenvalue weighted by atomic mass is 79.9. The minimum atomic E-state index is -1.11. The summed E-state index contributed by atoms with van der Waals surface area (Å²) in [4.78, 5) is 4.69. The predicted octanol–water partition coefficient (Wildman–Crippen LogP) is 4.09. The van der Waals surface area contributed by atoms with Crippen LogP contribution in [0.2, 0.25) is 0 Å². The summed E-state index contributed by atoms with van der Waals surface area (Å²) in [7, 11) is 0. The Hall–Kier alpha value is -0.560. The lowest BCUT2D eigenvalue weighted by atomic mass is 10.2. The summed E-state index contributed by atoms with van der Waals surface area (Å²) >= 11 is 2.52. The summed E-state index contributed by atoms with van der Waals surface area (Å²) in [5.41, 5.74) is 3.18. The van der Waals surface area contributed by atoms with Crippen molar-refractivity contribution in [1.29, 1.82) is 0 Å². The first-order valence-corrected chi connectivity index (χ1v) is 9.56. The molecule has 0 bridgehead atoms. The van der Waals surface area contributed by atoms with Crippen LogP contribution in [0.15, 0.2) is 22.9 Å². The zero-order valence-corrected chi connectivity index (χ0v) is 15.8. The Morgan fingerprint density at radius 2 is 2.09 bits per heavy atom. The number of nitrogens with one attached hydrogen (secondary N) is 1. The van der Waals surface area contributed by atoms with E-state index in [0.29, 0.717) is 5.92 Å². The minimum absolute atomic E-state index is 0.0590. The van der Waals surface area contributed by atoms with Crippen LogP contribution >= 0.6 is 15.9 Å². The van der Waals surface area contributed by atoms with Crippen LogP contribution in [0.1, 0.15) is 63.8 Å². The first-order valence-electron chi connectivity index (χ1n) is 7.62. The van der Waals surface area contributed by atoms with Crippen LogP contribution in [-0.2, 0) is 11.4 Å². The summed E-state index contributed by atoms with van der Waals surface area (Å²) in [5, 5.41) is 0. The molecule has 1 N–H and O–H groups in total. The van der Waals surface area contributed by atoms with Gasteiger partial charge < -0.3 is 8.95 Å². The van der Waals surface area contributed by atoms with Gasteiger partial charge in [-0.2, -0.15) is 0 Å². The van der Waals surface area contributed by atoms with E-state index in [0.717, 1.165) is 15.8 Å². The van der Waals surface area contributed by atoms with E-state index in [1.807, 2.05) is 33.9 Å². The molecule has 0 aliphatic heterocycles. The average molecular weight is 384 g/mol. The van der Waals surface area contributed by atoms with Gasteiger partial charge in [0.05, 0.1) is 16.2 Å². The molecule has 0 amide bonds. The van der Waals surface area contributed by atoms with Crippen LogP contribution in [-0.4, -0.2) is 18.7 Å². The largest absolute Gasteiger partial charge is 0.598 e. The van der Waals surface area contributed by atoms with E-state index in [1.165, 1.54) is 18.4 Å². The van der Waals surface area contributed by atoms with Crippen molar-refractivity contribution >= 4 is 32.9 Å². The van der Waals surface area contributed by atoms with E-state index in [2.05, 4.69) is 42.3 Å². The Kier molecular flexibility index (Phi) is 4.31. The average Bonchev–Trinajstić information content (AvgIpc) is 3.17. The molecule has 6 heteroatoms. The predicted molar refractivity (Wildman–Crippen MR) is 94.3 cm³/mol. The van der Waals surface area contributed by atoms with E-state index in [9.17, 15) is 4.55 Å². The standard InChI is InChI=1S/C16H22BrN3OS/c1-10(19-22(21)16(2,3)4)14-9-20-8-12(11-5-6-11)7-13(17)15(20)18-14/h7-11,19H,5-6H2,1-4H3/t10?,22-/m1/s1. The number of fused-ring (bicyclic) bond motifs is 1. The molecular weight excluding hydrogens is 362 g/mol. The van der Waals surface area contributed by atoms with Crippen LogP contribution in [0, 0.1) is 0 Å². The lowest BCUT2D eigenvalue weighted by Crippen LogP contribution is -2.40. The Labute approximate surface area is 143 Å². The maximum atomic E-state index is 12.2. The van der Waals surface area contributed by atoms with Gasteiger partial charge in [0, 0.05) is 23.8 Å². The van der Waals surface area contributed by atoms with Crippen molar-refractivity contribution in [2.75, 3.05) is 0 Å². The minimum Gasteiger partial charge on any atom is -0.598 e. The second-order valence-corrected chi connectivity index (χ2v) is 9.87. The van der Waals surface area contributed by atoms with Gasteiger partial charge in [0.25, 0.3) is 0 Å². The molecule has 1 aliphatic rings. The molecule has 0 aromatic carbocycles. The number of imidazole rings is 1. The quantitative estimate of drug-likeness (QED) is 0.808. The maximum Gasteiger partial charge on any atom is 0.151 e. The fourth-order valence-corrected chi connectivity index (χ4v) is 3.70. The Bertz CT molecular complexity index is 690. The van der Waals surface area contributed by atoms with Gasteiger partial charge in [-0.05, 0) is 74.0 Å². The fourth-order valence-electron chi connectivity index (χ4n) is 2.34.